The smallest absolute Gasteiger partial charge is 0.356 e. The zero-order chi connectivity index (χ0) is 15.7. The Balaban J connectivity index is 2.08. The summed E-state index contributed by atoms with van der Waals surface area (Å²) in [7, 11) is 1.36. The number of hydrogen-bond donors (Lipinski definition) is 1. The van der Waals surface area contributed by atoms with Crippen LogP contribution >= 0.6 is 0 Å². The van der Waals surface area contributed by atoms with E-state index >= 15 is 0 Å². The number of ether oxygens (including phenoxy) is 2. The minimum absolute atomic E-state index is 0.0788. The third kappa shape index (κ3) is 2.49. The molecule has 0 saturated carbocycles. The molecule has 0 radical (unpaired) electrons. The van der Waals surface area contributed by atoms with Crippen LogP contribution in [0.15, 0.2) is 0 Å². The van der Waals surface area contributed by atoms with Crippen molar-refractivity contribution in [2.75, 3.05) is 20.3 Å². The second-order valence-electron chi connectivity index (χ2n) is 5.76. The highest BCUT2D eigenvalue weighted by Crippen LogP contribution is 2.35. The highest BCUT2D eigenvalue weighted by molar-refractivity contribution is 5.87. The molecule has 1 aromatic heterocycles. The van der Waals surface area contributed by atoms with E-state index in [2.05, 4.69) is 4.98 Å². The predicted molar refractivity (Wildman–Crippen MR) is 76.0 cm³/mol. The maximum absolute atomic E-state index is 12.1. The van der Waals surface area contributed by atoms with Crippen molar-refractivity contribution < 1.29 is 24.2 Å². The fourth-order valence-electron chi connectivity index (χ4n) is 3.44. The number of carboxylic acid groups (broad SMARTS) is 1. The van der Waals surface area contributed by atoms with Gasteiger partial charge in [-0.3, -0.25) is 0 Å². The van der Waals surface area contributed by atoms with Crippen LogP contribution in [0.4, 0.5) is 0 Å². The number of carbonyl (C=O) groups is 2. The summed E-state index contributed by atoms with van der Waals surface area (Å²) >= 11 is 0. The van der Waals surface area contributed by atoms with Crippen molar-refractivity contribution in [2.45, 2.75) is 44.1 Å². The Bertz CT molecular complexity index is 589. The molecule has 0 amide bonds. The number of rotatable bonds is 3. The van der Waals surface area contributed by atoms with E-state index in [1.165, 1.54) is 7.11 Å². The molecule has 0 bridgehead atoms. The lowest BCUT2D eigenvalue weighted by Gasteiger charge is -2.29. The molecule has 22 heavy (non-hydrogen) atoms. The van der Waals surface area contributed by atoms with Gasteiger partial charge in [0.1, 0.15) is 11.9 Å². The maximum Gasteiger partial charge on any atom is 0.356 e. The van der Waals surface area contributed by atoms with E-state index in [0.717, 1.165) is 19.3 Å². The molecule has 1 unspecified atom stereocenters. The monoisotopic (exact) mass is 308 g/mol. The number of hydrogen-bond acceptors (Lipinski definition) is 5. The molecule has 1 aromatic rings. The minimum Gasteiger partial charge on any atom is -0.476 e. The highest BCUT2D eigenvalue weighted by Gasteiger charge is 2.36. The van der Waals surface area contributed by atoms with Gasteiger partial charge in [-0.1, -0.05) is 0 Å². The average Bonchev–Trinajstić information content (AvgIpc) is 2.95. The van der Waals surface area contributed by atoms with E-state index in [4.69, 9.17) is 9.47 Å². The summed E-state index contributed by atoms with van der Waals surface area (Å²) in [6.45, 7) is 1.27. The molecule has 1 atom stereocenters. The van der Waals surface area contributed by atoms with Gasteiger partial charge in [-0.2, -0.15) is 0 Å². The van der Waals surface area contributed by atoms with Crippen molar-refractivity contribution in [3.05, 3.63) is 17.2 Å². The van der Waals surface area contributed by atoms with Crippen molar-refractivity contribution in [3.63, 3.8) is 0 Å². The van der Waals surface area contributed by atoms with Crippen LogP contribution in [0.25, 0.3) is 0 Å². The third-order valence-electron chi connectivity index (χ3n) is 4.50. The summed E-state index contributed by atoms with van der Waals surface area (Å²) in [6, 6.07) is -0.466. The lowest BCUT2D eigenvalue weighted by molar-refractivity contribution is -0.145. The summed E-state index contributed by atoms with van der Waals surface area (Å²) in [5, 5.41) is 9.42. The lowest BCUT2D eigenvalue weighted by Crippen LogP contribution is -2.29. The number of aromatic nitrogens is 2. The topological polar surface area (TPSA) is 90.7 Å². The van der Waals surface area contributed by atoms with E-state index < -0.39 is 12.0 Å². The van der Waals surface area contributed by atoms with Gasteiger partial charge in [0.15, 0.2) is 5.69 Å². The first kappa shape index (κ1) is 15.0. The van der Waals surface area contributed by atoms with Crippen LogP contribution in [0.1, 0.15) is 59.6 Å². The summed E-state index contributed by atoms with van der Waals surface area (Å²) in [5.74, 6) is -0.534. The van der Waals surface area contributed by atoms with Crippen LogP contribution in [0, 0.1) is 0 Å². The molecular weight excluding hydrogens is 288 g/mol. The summed E-state index contributed by atoms with van der Waals surface area (Å²) < 4.78 is 12.1. The first-order chi connectivity index (χ1) is 10.6. The predicted octanol–water partition coefficient (Wildman–Crippen LogP) is 1.53. The van der Waals surface area contributed by atoms with Crippen LogP contribution < -0.4 is 0 Å². The van der Waals surface area contributed by atoms with Crippen LogP contribution in [0.3, 0.4) is 0 Å². The molecule has 0 spiro atoms. The molecular formula is C15H20N2O5. The van der Waals surface area contributed by atoms with E-state index in [1.807, 2.05) is 4.57 Å². The number of nitrogens with zero attached hydrogens (tertiary/aromatic N) is 2. The van der Waals surface area contributed by atoms with Crippen LogP contribution in [0.2, 0.25) is 0 Å². The van der Waals surface area contributed by atoms with Gasteiger partial charge in [0, 0.05) is 19.1 Å². The van der Waals surface area contributed by atoms with Crippen molar-refractivity contribution in [3.8, 4) is 0 Å². The molecule has 3 rings (SSSR count). The van der Waals surface area contributed by atoms with Gasteiger partial charge in [-0.05, 0) is 32.1 Å². The summed E-state index contributed by atoms with van der Waals surface area (Å²) in [6.07, 6.45) is 3.64. The lowest BCUT2D eigenvalue weighted by atomic mass is 9.96. The Morgan fingerprint density at radius 3 is 2.68 bits per heavy atom. The molecule has 7 nitrogen and oxygen atoms in total. The van der Waals surface area contributed by atoms with Crippen molar-refractivity contribution in [1.29, 1.82) is 0 Å². The molecule has 1 fully saturated rings. The minimum atomic E-state index is -1.03. The van der Waals surface area contributed by atoms with Gasteiger partial charge >= 0.3 is 11.9 Å². The maximum atomic E-state index is 12.1. The Labute approximate surface area is 128 Å². The Kier molecular flexibility index (Phi) is 4.15. The van der Waals surface area contributed by atoms with E-state index in [9.17, 15) is 14.7 Å². The second kappa shape index (κ2) is 6.08. The van der Waals surface area contributed by atoms with E-state index in [-0.39, 0.29) is 17.6 Å². The number of fused-ring (bicyclic) bond motifs is 1. The van der Waals surface area contributed by atoms with Crippen LogP contribution in [-0.4, -0.2) is 46.9 Å². The number of esters is 1. The SMILES string of the molecule is COC(=O)C1CCCc2c(C(=O)O)nc(C3CCOCC3)n21. The average molecular weight is 308 g/mol. The molecule has 2 aliphatic rings. The molecule has 1 saturated heterocycles. The Hall–Kier alpha value is -1.89. The van der Waals surface area contributed by atoms with Crippen LogP contribution in [0.5, 0.6) is 0 Å². The van der Waals surface area contributed by atoms with Crippen molar-refractivity contribution in [1.82, 2.24) is 9.55 Å². The fourth-order valence-corrected chi connectivity index (χ4v) is 3.44. The highest BCUT2D eigenvalue weighted by atomic mass is 16.5. The largest absolute Gasteiger partial charge is 0.476 e. The van der Waals surface area contributed by atoms with E-state index in [1.54, 1.807) is 0 Å². The number of methoxy groups -OCH3 is 1. The number of aromatic carboxylic acids is 1. The normalized spacial score (nSPS) is 22.1. The Morgan fingerprint density at radius 1 is 1.32 bits per heavy atom. The summed E-state index contributed by atoms with van der Waals surface area (Å²) in [5.41, 5.74) is 0.728. The molecule has 0 aliphatic carbocycles. The van der Waals surface area contributed by atoms with E-state index in [0.29, 0.717) is 37.6 Å². The van der Waals surface area contributed by atoms with Gasteiger partial charge in [0.05, 0.1) is 12.8 Å². The number of carbonyl (C=O) groups excluding carboxylic acids is 1. The van der Waals surface area contributed by atoms with Crippen molar-refractivity contribution >= 4 is 11.9 Å². The molecule has 2 aliphatic heterocycles. The molecule has 7 heteroatoms. The molecule has 3 heterocycles. The zero-order valence-corrected chi connectivity index (χ0v) is 12.6. The first-order valence-electron chi connectivity index (χ1n) is 7.63. The molecule has 1 N–H and O–H groups in total. The Morgan fingerprint density at radius 2 is 2.05 bits per heavy atom. The quantitative estimate of drug-likeness (QED) is 0.852. The third-order valence-corrected chi connectivity index (χ3v) is 4.50. The number of carboxylic acids is 1. The second-order valence-corrected chi connectivity index (χ2v) is 5.76. The van der Waals surface area contributed by atoms with Gasteiger partial charge in [0.2, 0.25) is 0 Å². The van der Waals surface area contributed by atoms with Gasteiger partial charge in [-0.15, -0.1) is 0 Å². The molecule has 120 valence electrons. The standard InChI is InChI=1S/C15H20N2O5/c1-21-15(20)11-4-2-3-10-12(14(18)19)16-13(17(10)11)9-5-7-22-8-6-9/h9,11H,2-8H2,1H3,(H,18,19). The number of imidazole rings is 1. The first-order valence-corrected chi connectivity index (χ1v) is 7.63. The zero-order valence-electron chi connectivity index (χ0n) is 12.6. The van der Waals surface area contributed by atoms with Gasteiger partial charge in [0.25, 0.3) is 0 Å². The van der Waals surface area contributed by atoms with Crippen molar-refractivity contribution in [2.24, 2.45) is 0 Å². The fraction of sp³-hybridized carbons (Fsp3) is 0.667. The van der Waals surface area contributed by atoms with Gasteiger partial charge < -0.3 is 19.1 Å². The summed E-state index contributed by atoms with van der Waals surface area (Å²) in [4.78, 5) is 28.0. The van der Waals surface area contributed by atoms with Gasteiger partial charge in [-0.25, -0.2) is 14.6 Å². The van der Waals surface area contributed by atoms with Crippen LogP contribution in [-0.2, 0) is 20.7 Å². The molecule has 0 aromatic carbocycles.